The quantitative estimate of drug-likeness (QED) is 0.768. The highest BCUT2D eigenvalue weighted by atomic mass is 16.1. The number of hydrogen-bond donors (Lipinski definition) is 2. The first kappa shape index (κ1) is 9.07. The van der Waals surface area contributed by atoms with Crippen LogP contribution in [0.4, 0.5) is 5.82 Å². The molecule has 1 aliphatic carbocycles. The number of hydrogen-bond acceptors (Lipinski definition) is 2. The summed E-state index contributed by atoms with van der Waals surface area (Å²) in [6.07, 6.45) is 4.53. The Morgan fingerprint density at radius 1 is 1.40 bits per heavy atom. The third-order valence-electron chi connectivity index (χ3n) is 3.41. The molecule has 2 N–H and O–H groups in total. The summed E-state index contributed by atoms with van der Waals surface area (Å²) in [5, 5.41) is 6.54. The summed E-state index contributed by atoms with van der Waals surface area (Å²) in [6, 6.07) is 0.477. The van der Waals surface area contributed by atoms with E-state index >= 15 is 0 Å². The fourth-order valence-electron chi connectivity index (χ4n) is 2.24. The summed E-state index contributed by atoms with van der Waals surface area (Å²) < 4.78 is 1.79. The lowest BCUT2D eigenvalue weighted by atomic mass is 10.0. The van der Waals surface area contributed by atoms with Crippen LogP contribution >= 0.6 is 0 Å². The third-order valence-corrected chi connectivity index (χ3v) is 3.41. The Morgan fingerprint density at radius 2 is 2.20 bits per heavy atom. The van der Waals surface area contributed by atoms with Crippen molar-refractivity contribution in [3.05, 3.63) is 15.9 Å². The molecule has 0 spiro atoms. The van der Waals surface area contributed by atoms with Crippen LogP contribution in [0.5, 0.6) is 0 Å². The molecule has 4 nitrogen and oxygen atoms in total. The standard InChI is InChI=1S/C11H17N3O/c1-7-2-5-9-10(12-7)13-14(11(9)15)6-8-3-4-8/h7-8,12-13H,2-6H2,1H3/t7-/m0/s1. The number of fused-ring (bicyclic) bond motifs is 1. The van der Waals surface area contributed by atoms with Gasteiger partial charge < -0.3 is 5.32 Å². The molecule has 1 aromatic heterocycles. The molecular weight excluding hydrogens is 190 g/mol. The van der Waals surface area contributed by atoms with Gasteiger partial charge in [-0.2, -0.15) is 0 Å². The van der Waals surface area contributed by atoms with Gasteiger partial charge in [-0.1, -0.05) is 0 Å². The zero-order chi connectivity index (χ0) is 10.4. The van der Waals surface area contributed by atoms with E-state index in [1.807, 2.05) is 0 Å². The van der Waals surface area contributed by atoms with Crippen LogP contribution in [-0.4, -0.2) is 15.8 Å². The molecule has 15 heavy (non-hydrogen) atoms. The number of anilines is 1. The van der Waals surface area contributed by atoms with E-state index in [0.29, 0.717) is 6.04 Å². The number of H-pyrrole nitrogens is 1. The molecule has 2 aliphatic rings. The van der Waals surface area contributed by atoms with Crippen LogP contribution in [0.3, 0.4) is 0 Å². The second kappa shape index (κ2) is 3.15. The molecule has 0 bridgehead atoms. The first-order valence-corrected chi connectivity index (χ1v) is 5.82. The molecule has 0 radical (unpaired) electrons. The average Bonchev–Trinajstić information content (AvgIpc) is 2.95. The van der Waals surface area contributed by atoms with Crippen LogP contribution in [0.2, 0.25) is 0 Å². The third kappa shape index (κ3) is 1.58. The average molecular weight is 207 g/mol. The van der Waals surface area contributed by atoms with E-state index in [0.717, 1.165) is 36.7 Å². The van der Waals surface area contributed by atoms with Crippen molar-refractivity contribution < 1.29 is 0 Å². The molecular formula is C11H17N3O. The largest absolute Gasteiger partial charge is 0.368 e. The molecule has 0 amide bonds. The van der Waals surface area contributed by atoms with E-state index in [2.05, 4.69) is 17.3 Å². The minimum absolute atomic E-state index is 0.191. The van der Waals surface area contributed by atoms with Crippen molar-refractivity contribution in [1.82, 2.24) is 9.78 Å². The van der Waals surface area contributed by atoms with Gasteiger partial charge in [-0.05, 0) is 38.5 Å². The number of aromatic nitrogens is 2. The maximum atomic E-state index is 12.0. The first-order chi connectivity index (χ1) is 7.24. The lowest BCUT2D eigenvalue weighted by molar-refractivity contribution is 0.548. The van der Waals surface area contributed by atoms with Crippen molar-refractivity contribution in [2.45, 2.75) is 45.2 Å². The SMILES string of the molecule is C[C@H]1CCc2c([nH]n(CC3CC3)c2=O)N1. The number of rotatable bonds is 2. The van der Waals surface area contributed by atoms with Crippen molar-refractivity contribution in [3.8, 4) is 0 Å². The minimum Gasteiger partial charge on any atom is -0.368 e. The van der Waals surface area contributed by atoms with Crippen molar-refractivity contribution in [2.24, 2.45) is 5.92 Å². The van der Waals surface area contributed by atoms with E-state index in [1.165, 1.54) is 12.8 Å². The second-order valence-electron chi connectivity index (χ2n) is 4.91. The Balaban J connectivity index is 1.92. The molecule has 1 atom stereocenters. The van der Waals surface area contributed by atoms with E-state index in [1.54, 1.807) is 4.68 Å². The summed E-state index contributed by atoms with van der Waals surface area (Å²) in [4.78, 5) is 12.0. The molecule has 0 saturated heterocycles. The Kier molecular flexibility index (Phi) is 1.90. The lowest BCUT2D eigenvalue weighted by Gasteiger charge is -2.19. The van der Waals surface area contributed by atoms with Crippen LogP contribution in [0.15, 0.2) is 4.79 Å². The topological polar surface area (TPSA) is 49.8 Å². The maximum Gasteiger partial charge on any atom is 0.271 e. The summed E-state index contributed by atoms with van der Waals surface area (Å²) in [7, 11) is 0. The normalized spacial score (nSPS) is 24.7. The number of aromatic amines is 1. The zero-order valence-corrected chi connectivity index (χ0v) is 9.05. The van der Waals surface area contributed by atoms with Gasteiger partial charge in [0.2, 0.25) is 0 Å². The Labute approximate surface area is 88.7 Å². The fraction of sp³-hybridized carbons (Fsp3) is 0.727. The monoisotopic (exact) mass is 207 g/mol. The second-order valence-corrected chi connectivity index (χ2v) is 4.91. The van der Waals surface area contributed by atoms with Crippen molar-refractivity contribution >= 4 is 5.82 Å². The molecule has 1 aromatic rings. The van der Waals surface area contributed by atoms with E-state index in [4.69, 9.17) is 0 Å². The van der Waals surface area contributed by atoms with Gasteiger partial charge >= 0.3 is 0 Å². The summed E-state index contributed by atoms with van der Waals surface area (Å²) in [5.41, 5.74) is 1.14. The van der Waals surface area contributed by atoms with E-state index in [-0.39, 0.29) is 5.56 Å². The molecule has 2 heterocycles. The first-order valence-electron chi connectivity index (χ1n) is 5.82. The highest BCUT2D eigenvalue weighted by molar-refractivity contribution is 5.46. The maximum absolute atomic E-state index is 12.0. The van der Waals surface area contributed by atoms with Crippen LogP contribution in [0.25, 0.3) is 0 Å². The molecule has 0 unspecified atom stereocenters. The van der Waals surface area contributed by atoms with Crippen LogP contribution in [0.1, 0.15) is 31.7 Å². The predicted octanol–water partition coefficient (Wildman–Crippen LogP) is 1.33. The number of nitrogens with zero attached hydrogens (tertiary/aromatic N) is 1. The molecule has 3 rings (SSSR count). The van der Waals surface area contributed by atoms with Gasteiger partial charge in [0.05, 0.1) is 5.56 Å². The van der Waals surface area contributed by atoms with Crippen LogP contribution in [-0.2, 0) is 13.0 Å². The van der Waals surface area contributed by atoms with Gasteiger partial charge in [-0.3, -0.25) is 14.6 Å². The van der Waals surface area contributed by atoms with E-state index < -0.39 is 0 Å². The summed E-state index contributed by atoms with van der Waals surface area (Å²) in [6.45, 7) is 3.03. The summed E-state index contributed by atoms with van der Waals surface area (Å²) in [5.74, 6) is 1.69. The van der Waals surface area contributed by atoms with Crippen LogP contribution < -0.4 is 10.9 Å². The Bertz CT molecular complexity index is 428. The van der Waals surface area contributed by atoms with Gasteiger partial charge in [0, 0.05) is 12.6 Å². The molecule has 4 heteroatoms. The Hall–Kier alpha value is -1.19. The molecule has 1 aliphatic heterocycles. The minimum atomic E-state index is 0.191. The molecule has 1 saturated carbocycles. The van der Waals surface area contributed by atoms with Gasteiger partial charge in [-0.25, -0.2) is 0 Å². The summed E-state index contributed by atoms with van der Waals surface area (Å²) >= 11 is 0. The highest BCUT2D eigenvalue weighted by Gasteiger charge is 2.26. The van der Waals surface area contributed by atoms with E-state index in [9.17, 15) is 4.79 Å². The molecule has 82 valence electrons. The van der Waals surface area contributed by atoms with Gasteiger partial charge in [0.25, 0.3) is 5.56 Å². The Morgan fingerprint density at radius 3 is 2.93 bits per heavy atom. The van der Waals surface area contributed by atoms with Crippen LogP contribution in [0, 0.1) is 5.92 Å². The van der Waals surface area contributed by atoms with Gasteiger partial charge in [-0.15, -0.1) is 0 Å². The van der Waals surface area contributed by atoms with Crippen molar-refractivity contribution in [2.75, 3.05) is 5.32 Å². The zero-order valence-electron chi connectivity index (χ0n) is 9.05. The predicted molar refractivity (Wildman–Crippen MR) is 59.2 cm³/mol. The van der Waals surface area contributed by atoms with Crippen molar-refractivity contribution in [3.63, 3.8) is 0 Å². The van der Waals surface area contributed by atoms with Gasteiger partial charge in [0.1, 0.15) is 5.82 Å². The fourth-order valence-corrected chi connectivity index (χ4v) is 2.24. The molecule has 0 aromatic carbocycles. The smallest absolute Gasteiger partial charge is 0.271 e. The molecule has 1 fully saturated rings. The number of nitrogens with one attached hydrogen (secondary N) is 2. The highest BCUT2D eigenvalue weighted by Crippen LogP contribution is 2.30. The van der Waals surface area contributed by atoms with Gasteiger partial charge in [0.15, 0.2) is 0 Å². The lowest BCUT2D eigenvalue weighted by Crippen LogP contribution is -2.25. The van der Waals surface area contributed by atoms with Crippen molar-refractivity contribution in [1.29, 1.82) is 0 Å².